The zero-order valence-corrected chi connectivity index (χ0v) is 12.3. The first-order chi connectivity index (χ1) is 9.12. The highest BCUT2D eigenvalue weighted by molar-refractivity contribution is 5.48. The van der Waals surface area contributed by atoms with E-state index in [4.69, 9.17) is 10.6 Å². The van der Waals surface area contributed by atoms with Crippen LogP contribution < -0.4 is 16.6 Å². The molecule has 0 aromatic carbocycles. The fourth-order valence-electron chi connectivity index (χ4n) is 2.12. The maximum absolute atomic E-state index is 5.44. The van der Waals surface area contributed by atoms with Gasteiger partial charge in [-0.1, -0.05) is 20.8 Å². The molecule has 19 heavy (non-hydrogen) atoms. The van der Waals surface area contributed by atoms with Crippen molar-refractivity contribution in [3.63, 3.8) is 0 Å². The number of ether oxygens (including phenoxy) is 1. The van der Waals surface area contributed by atoms with E-state index in [0.29, 0.717) is 18.2 Å². The first-order valence-corrected chi connectivity index (χ1v) is 6.74. The van der Waals surface area contributed by atoms with E-state index in [1.807, 2.05) is 6.07 Å². The largest absolute Gasteiger partial charge is 0.377 e. The molecule has 6 nitrogen and oxygen atoms in total. The summed E-state index contributed by atoms with van der Waals surface area (Å²) < 4.78 is 5.07. The molecule has 0 bridgehead atoms. The SMILES string of the molecule is CCC(CC)(CC)Nc1cc(NN)nc(COC)n1. The van der Waals surface area contributed by atoms with Crippen LogP contribution >= 0.6 is 0 Å². The van der Waals surface area contributed by atoms with Crippen molar-refractivity contribution in [1.29, 1.82) is 0 Å². The molecule has 6 heteroatoms. The van der Waals surface area contributed by atoms with Gasteiger partial charge in [-0.25, -0.2) is 15.8 Å². The van der Waals surface area contributed by atoms with Crippen molar-refractivity contribution in [1.82, 2.24) is 9.97 Å². The summed E-state index contributed by atoms with van der Waals surface area (Å²) in [5, 5.41) is 3.51. The summed E-state index contributed by atoms with van der Waals surface area (Å²) in [4.78, 5) is 8.69. The minimum Gasteiger partial charge on any atom is -0.377 e. The number of nitrogens with zero attached hydrogens (tertiary/aromatic N) is 2. The Kier molecular flexibility index (Phi) is 5.98. The normalized spacial score (nSPS) is 11.4. The van der Waals surface area contributed by atoms with Crippen molar-refractivity contribution in [2.45, 2.75) is 52.2 Å². The molecule has 0 radical (unpaired) electrons. The van der Waals surface area contributed by atoms with E-state index in [9.17, 15) is 0 Å². The third kappa shape index (κ3) is 4.04. The molecule has 0 spiro atoms. The summed E-state index contributed by atoms with van der Waals surface area (Å²) in [6.45, 7) is 6.90. The Morgan fingerprint density at radius 2 is 1.74 bits per heavy atom. The van der Waals surface area contributed by atoms with Gasteiger partial charge in [0.2, 0.25) is 0 Å². The monoisotopic (exact) mass is 267 g/mol. The molecule has 0 amide bonds. The number of aromatic nitrogens is 2. The van der Waals surface area contributed by atoms with Crippen LogP contribution in [0.4, 0.5) is 11.6 Å². The van der Waals surface area contributed by atoms with Gasteiger partial charge in [0.25, 0.3) is 0 Å². The molecule has 1 aromatic rings. The van der Waals surface area contributed by atoms with Crippen molar-refractivity contribution in [2.75, 3.05) is 17.9 Å². The zero-order chi connectivity index (χ0) is 14.3. The van der Waals surface area contributed by atoms with Crippen molar-refractivity contribution in [3.05, 3.63) is 11.9 Å². The maximum Gasteiger partial charge on any atom is 0.158 e. The van der Waals surface area contributed by atoms with E-state index in [1.54, 1.807) is 7.11 Å². The number of hydrogen-bond acceptors (Lipinski definition) is 6. The first-order valence-electron chi connectivity index (χ1n) is 6.74. The van der Waals surface area contributed by atoms with Crippen LogP contribution in [-0.4, -0.2) is 22.6 Å². The predicted octanol–water partition coefficient (Wildman–Crippen LogP) is 2.29. The number of nitrogens with one attached hydrogen (secondary N) is 2. The molecule has 0 unspecified atom stereocenters. The van der Waals surface area contributed by atoms with Gasteiger partial charge >= 0.3 is 0 Å². The number of nitrogen functional groups attached to an aromatic ring is 1. The molecule has 0 saturated heterocycles. The first kappa shape index (κ1) is 15.7. The molecule has 0 aliphatic rings. The summed E-state index contributed by atoms with van der Waals surface area (Å²) in [6, 6.07) is 1.81. The van der Waals surface area contributed by atoms with E-state index in [2.05, 4.69) is 41.5 Å². The van der Waals surface area contributed by atoms with Crippen LogP contribution in [0.2, 0.25) is 0 Å². The molecule has 108 valence electrons. The average Bonchev–Trinajstić information content (AvgIpc) is 2.45. The number of hydrazine groups is 1. The topological polar surface area (TPSA) is 85.1 Å². The second kappa shape index (κ2) is 7.25. The van der Waals surface area contributed by atoms with Crippen LogP contribution in [0.15, 0.2) is 6.07 Å². The third-order valence-electron chi connectivity index (χ3n) is 3.62. The summed E-state index contributed by atoms with van der Waals surface area (Å²) in [7, 11) is 1.62. The second-order valence-corrected chi connectivity index (χ2v) is 4.60. The number of rotatable bonds is 8. The molecule has 4 N–H and O–H groups in total. The van der Waals surface area contributed by atoms with Gasteiger partial charge in [-0.05, 0) is 19.3 Å². The number of methoxy groups -OCH3 is 1. The summed E-state index contributed by atoms with van der Waals surface area (Å²) in [5.41, 5.74) is 2.62. The van der Waals surface area contributed by atoms with Crippen LogP contribution in [0, 0.1) is 0 Å². The Morgan fingerprint density at radius 1 is 1.16 bits per heavy atom. The van der Waals surface area contributed by atoms with Crippen molar-refractivity contribution >= 4 is 11.6 Å². The lowest BCUT2D eigenvalue weighted by Gasteiger charge is -2.32. The highest BCUT2D eigenvalue weighted by Crippen LogP contribution is 2.25. The molecule has 0 aliphatic carbocycles. The molecule has 0 atom stereocenters. The Balaban J connectivity index is 3.01. The zero-order valence-electron chi connectivity index (χ0n) is 12.3. The van der Waals surface area contributed by atoms with Gasteiger partial charge in [-0.3, -0.25) is 0 Å². The average molecular weight is 267 g/mol. The highest BCUT2D eigenvalue weighted by atomic mass is 16.5. The molecule has 0 aliphatic heterocycles. The minimum atomic E-state index is 0.0601. The lowest BCUT2D eigenvalue weighted by atomic mass is 9.90. The summed E-state index contributed by atoms with van der Waals surface area (Å²) in [6.07, 6.45) is 3.11. The summed E-state index contributed by atoms with van der Waals surface area (Å²) in [5.74, 6) is 7.41. The molecule has 1 heterocycles. The van der Waals surface area contributed by atoms with Crippen molar-refractivity contribution < 1.29 is 4.74 Å². The van der Waals surface area contributed by atoms with Crippen LogP contribution in [0.5, 0.6) is 0 Å². The quantitative estimate of drug-likeness (QED) is 0.495. The fraction of sp³-hybridized carbons (Fsp3) is 0.692. The van der Waals surface area contributed by atoms with E-state index in [-0.39, 0.29) is 5.54 Å². The van der Waals surface area contributed by atoms with E-state index in [0.717, 1.165) is 25.1 Å². The Bertz CT molecular complexity index is 384. The van der Waals surface area contributed by atoms with Gasteiger partial charge in [-0.2, -0.15) is 0 Å². The van der Waals surface area contributed by atoms with Gasteiger partial charge < -0.3 is 15.5 Å². The summed E-state index contributed by atoms with van der Waals surface area (Å²) >= 11 is 0. The van der Waals surface area contributed by atoms with Gasteiger partial charge in [0.1, 0.15) is 18.2 Å². The van der Waals surface area contributed by atoms with Crippen LogP contribution in [0.3, 0.4) is 0 Å². The van der Waals surface area contributed by atoms with Crippen molar-refractivity contribution in [2.24, 2.45) is 5.84 Å². The lowest BCUT2D eigenvalue weighted by Crippen LogP contribution is -2.36. The second-order valence-electron chi connectivity index (χ2n) is 4.60. The maximum atomic E-state index is 5.44. The minimum absolute atomic E-state index is 0.0601. The molecular weight excluding hydrogens is 242 g/mol. The van der Waals surface area contributed by atoms with Crippen LogP contribution in [0.1, 0.15) is 45.9 Å². The molecule has 0 fully saturated rings. The Morgan fingerprint density at radius 3 is 2.21 bits per heavy atom. The Hall–Kier alpha value is -1.40. The van der Waals surface area contributed by atoms with Gasteiger partial charge in [0.15, 0.2) is 5.82 Å². The highest BCUT2D eigenvalue weighted by Gasteiger charge is 2.24. The lowest BCUT2D eigenvalue weighted by molar-refractivity contribution is 0.178. The van der Waals surface area contributed by atoms with Crippen LogP contribution in [-0.2, 0) is 11.3 Å². The van der Waals surface area contributed by atoms with Crippen LogP contribution in [0.25, 0.3) is 0 Å². The van der Waals surface area contributed by atoms with E-state index < -0.39 is 0 Å². The number of hydrogen-bond donors (Lipinski definition) is 3. The molecule has 0 saturated carbocycles. The van der Waals surface area contributed by atoms with E-state index >= 15 is 0 Å². The standard InChI is InChI=1S/C13H25N5O/c1-5-13(6-2,7-3)17-10-8-11(18-14)16-12(15-10)9-19-4/h8H,5-7,9,14H2,1-4H3,(H2,15,16,17,18). The predicted molar refractivity (Wildman–Crippen MR) is 77.8 cm³/mol. The van der Waals surface area contributed by atoms with Crippen molar-refractivity contribution in [3.8, 4) is 0 Å². The number of anilines is 2. The van der Waals surface area contributed by atoms with Gasteiger partial charge in [0, 0.05) is 18.7 Å². The molecular formula is C13H25N5O. The molecule has 1 aromatic heterocycles. The third-order valence-corrected chi connectivity index (χ3v) is 3.62. The van der Waals surface area contributed by atoms with Gasteiger partial charge in [-0.15, -0.1) is 0 Å². The molecule has 1 rings (SSSR count). The number of nitrogens with two attached hydrogens (primary N) is 1. The van der Waals surface area contributed by atoms with E-state index in [1.165, 1.54) is 0 Å². The fourth-order valence-corrected chi connectivity index (χ4v) is 2.12. The van der Waals surface area contributed by atoms with Gasteiger partial charge in [0.05, 0.1) is 0 Å². The smallest absolute Gasteiger partial charge is 0.158 e. The Labute approximate surface area is 115 Å².